The fourth-order valence-electron chi connectivity index (χ4n) is 2.92. The van der Waals surface area contributed by atoms with Gasteiger partial charge < -0.3 is 15.5 Å². The fraction of sp³-hybridized carbons (Fsp3) is 0.353. The van der Waals surface area contributed by atoms with Crippen molar-refractivity contribution in [2.75, 3.05) is 12.4 Å². The van der Waals surface area contributed by atoms with Gasteiger partial charge in [-0.15, -0.1) is 11.8 Å². The molecule has 8 heteroatoms. The van der Waals surface area contributed by atoms with Gasteiger partial charge in [0.2, 0.25) is 0 Å². The lowest BCUT2D eigenvalue weighted by atomic mass is 10.0. The number of carboxylic acids is 1. The van der Waals surface area contributed by atoms with Crippen molar-refractivity contribution < 1.29 is 24.6 Å². The van der Waals surface area contributed by atoms with Crippen LogP contribution in [0.25, 0.3) is 0 Å². The Morgan fingerprint density at radius 3 is 2.56 bits per heavy atom. The van der Waals surface area contributed by atoms with Crippen LogP contribution in [0.1, 0.15) is 22.8 Å². The zero-order chi connectivity index (χ0) is 18.1. The number of aryl methyl sites for hydroxylation is 1. The molecule has 25 heavy (non-hydrogen) atoms. The zero-order valence-electron chi connectivity index (χ0n) is 13.6. The van der Waals surface area contributed by atoms with E-state index >= 15 is 0 Å². The lowest BCUT2D eigenvalue weighted by Gasteiger charge is -2.49. The second-order valence-corrected chi connectivity index (χ2v) is 6.93. The third kappa shape index (κ3) is 3.03. The third-order valence-electron chi connectivity index (χ3n) is 4.35. The van der Waals surface area contributed by atoms with Gasteiger partial charge >= 0.3 is 5.97 Å². The quantitative estimate of drug-likeness (QED) is 0.662. The second-order valence-electron chi connectivity index (χ2n) is 5.83. The normalized spacial score (nSPS) is 22.3. The van der Waals surface area contributed by atoms with Crippen molar-refractivity contribution in [3.05, 3.63) is 46.7 Å². The van der Waals surface area contributed by atoms with Crippen LogP contribution < -0.4 is 5.32 Å². The van der Waals surface area contributed by atoms with Crippen LogP contribution in [0.4, 0.5) is 0 Å². The van der Waals surface area contributed by atoms with Crippen molar-refractivity contribution in [3.8, 4) is 0 Å². The van der Waals surface area contributed by atoms with E-state index in [1.165, 1.54) is 11.8 Å². The van der Waals surface area contributed by atoms with Crippen molar-refractivity contribution in [2.24, 2.45) is 0 Å². The molecule has 0 radical (unpaired) electrons. The molecule has 2 aliphatic rings. The number of carbonyl (C=O) groups is 3. The minimum absolute atomic E-state index is 0.172. The van der Waals surface area contributed by atoms with Gasteiger partial charge in [0.05, 0.1) is 6.61 Å². The lowest BCUT2D eigenvalue weighted by Crippen LogP contribution is -2.70. The molecule has 0 spiro atoms. The minimum Gasteiger partial charge on any atom is -0.477 e. The number of rotatable bonds is 5. The highest BCUT2D eigenvalue weighted by Gasteiger charge is 2.54. The molecule has 7 nitrogen and oxygen atoms in total. The first-order valence-electron chi connectivity index (χ1n) is 7.88. The molecule has 3 N–H and O–H groups in total. The molecule has 0 aromatic heterocycles. The fourth-order valence-corrected chi connectivity index (χ4v) is 4.26. The van der Waals surface area contributed by atoms with Crippen LogP contribution >= 0.6 is 11.8 Å². The Hall–Kier alpha value is -2.32. The Morgan fingerprint density at radius 1 is 1.32 bits per heavy atom. The SMILES string of the molecule is CCc1ccc(C(=O)N[C@H]2C(=O)N3C(C(=O)O)=C(CO)CS[C@H]23)cc1. The third-order valence-corrected chi connectivity index (χ3v) is 5.69. The summed E-state index contributed by atoms with van der Waals surface area (Å²) in [5.74, 6) is -1.78. The highest BCUT2D eigenvalue weighted by molar-refractivity contribution is 8.00. The van der Waals surface area contributed by atoms with Gasteiger partial charge in [0.25, 0.3) is 11.8 Å². The van der Waals surface area contributed by atoms with Gasteiger partial charge in [-0.25, -0.2) is 4.79 Å². The van der Waals surface area contributed by atoms with Gasteiger partial charge in [0, 0.05) is 11.3 Å². The summed E-state index contributed by atoms with van der Waals surface area (Å²) in [6, 6.07) is 6.36. The smallest absolute Gasteiger partial charge is 0.352 e. The molecular formula is C17H18N2O5S. The molecule has 2 amide bonds. The van der Waals surface area contributed by atoms with Crippen LogP contribution in [0.15, 0.2) is 35.5 Å². The summed E-state index contributed by atoms with van der Waals surface area (Å²) in [6.07, 6.45) is 0.869. The Balaban J connectivity index is 1.74. The molecule has 0 aliphatic carbocycles. The summed E-state index contributed by atoms with van der Waals surface area (Å²) in [6.45, 7) is 1.61. The number of β-lactam (4-membered cyclic amide) rings is 1. The minimum atomic E-state index is -1.25. The van der Waals surface area contributed by atoms with Gasteiger partial charge in [-0.2, -0.15) is 0 Å². The molecule has 1 aromatic carbocycles. The van der Waals surface area contributed by atoms with E-state index in [1.807, 2.05) is 19.1 Å². The van der Waals surface area contributed by atoms with Gasteiger partial charge in [-0.1, -0.05) is 19.1 Å². The van der Waals surface area contributed by atoms with E-state index in [0.29, 0.717) is 16.9 Å². The molecule has 1 aromatic rings. The van der Waals surface area contributed by atoms with E-state index in [9.17, 15) is 24.6 Å². The number of nitrogens with one attached hydrogen (secondary N) is 1. The number of aliphatic hydroxyl groups is 1. The Bertz CT molecular complexity index is 759. The van der Waals surface area contributed by atoms with Gasteiger partial charge in [-0.3, -0.25) is 14.5 Å². The van der Waals surface area contributed by atoms with E-state index in [4.69, 9.17) is 0 Å². The number of aliphatic hydroxyl groups excluding tert-OH is 1. The Morgan fingerprint density at radius 2 is 2.00 bits per heavy atom. The van der Waals surface area contributed by atoms with Crippen LogP contribution in [0, 0.1) is 0 Å². The molecule has 0 bridgehead atoms. The summed E-state index contributed by atoms with van der Waals surface area (Å²) in [7, 11) is 0. The first-order valence-corrected chi connectivity index (χ1v) is 8.93. The van der Waals surface area contributed by atoms with Gasteiger partial charge in [0.15, 0.2) is 0 Å². The maximum absolute atomic E-state index is 12.4. The number of hydrogen-bond donors (Lipinski definition) is 3. The molecule has 2 aliphatic heterocycles. The van der Waals surface area contributed by atoms with Gasteiger partial charge in [0.1, 0.15) is 17.1 Å². The van der Waals surface area contributed by atoms with E-state index in [-0.39, 0.29) is 11.6 Å². The van der Waals surface area contributed by atoms with Crippen molar-refractivity contribution in [2.45, 2.75) is 24.8 Å². The number of carboxylic acid groups (broad SMARTS) is 1. The van der Waals surface area contributed by atoms with Crippen molar-refractivity contribution in [1.82, 2.24) is 10.2 Å². The van der Waals surface area contributed by atoms with Crippen molar-refractivity contribution >= 4 is 29.5 Å². The molecule has 2 heterocycles. The highest BCUT2D eigenvalue weighted by Crippen LogP contribution is 2.40. The molecule has 0 saturated carbocycles. The number of benzene rings is 1. The topological polar surface area (TPSA) is 107 Å². The van der Waals surface area contributed by atoms with E-state index in [1.54, 1.807) is 12.1 Å². The number of nitrogens with zero attached hydrogens (tertiary/aromatic N) is 1. The predicted molar refractivity (Wildman–Crippen MR) is 91.9 cm³/mol. The van der Waals surface area contributed by atoms with Crippen LogP contribution in [-0.2, 0) is 16.0 Å². The second kappa shape index (κ2) is 6.89. The molecule has 132 valence electrons. The standard InChI is InChI=1S/C17H18N2O5S/c1-2-9-3-5-10(6-4-9)14(21)18-12-15(22)19-13(17(23)24)11(7-20)8-25-16(12)19/h3-6,12,16,20H,2,7-8H2,1H3,(H,18,21)(H,23,24)/t12-,16+/m0/s1. The van der Waals surface area contributed by atoms with E-state index in [0.717, 1.165) is 16.9 Å². The summed E-state index contributed by atoms with van der Waals surface area (Å²) >= 11 is 1.33. The number of hydrogen-bond acceptors (Lipinski definition) is 5. The van der Waals surface area contributed by atoms with Crippen LogP contribution in [-0.4, -0.2) is 56.7 Å². The van der Waals surface area contributed by atoms with E-state index < -0.39 is 29.9 Å². The van der Waals surface area contributed by atoms with Crippen molar-refractivity contribution in [1.29, 1.82) is 0 Å². The summed E-state index contributed by atoms with van der Waals surface area (Å²) < 4.78 is 0. The van der Waals surface area contributed by atoms with Crippen LogP contribution in [0.5, 0.6) is 0 Å². The Kier molecular flexibility index (Phi) is 4.82. The van der Waals surface area contributed by atoms with E-state index in [2.05, 4.69) is 5.32 Å². The molecule has 1 saturated heterocycles. The maximum Gasteiger partial charge on any atom is 0.352 e. The molecule has 3 rings (SSSR count). The molecule has 1 fully saturated rings. The zero-order valence-corrected chi connectivity index (χ0v) is 14.4. The molecule has 2 atom stereocenters. The summed E-state index contributed by atoms with van der Waals surface area (Å²) in [5, 5.41) is 20.8. The highest BCUT2D eigenvalue weighted by atomic mass is 32.2. The van der Waals surface area contributed by atoms with Crippen LogP contribution in [0.3, 0.4) is 0 Å². The van der Waals surface area contributed by atoms with Gasteiger partial charge in [-0.05, 0) is 29.7 Å². The first kappa shape index (κ1) is 17.5. The maximum atomic E-state index is 12.4. The number of aliphatic carboxylic acids is 1. The number of amides is 2. The summed E-state index contributed by atoms with van der Waals surface area (Å²) in [5.41, 5.74) is 1.70. The molecular weight excluding hydrogens is 344 g/mol. The van der Waals surface area contributed by atoms with Crippen molar-refractivity contribution in [3.63, 3.8) is 0 Å². The molecule has 0 unspecified atom stereocenters. The Labute approximate surface area is 148 Å². The predicted octanol–water partition coefficient (Wildman–Crippen LogP) is 0.593. The first-order chi connectivity index (χ1) is 12.0. The summed E-state index contributed by atoms with van der Waals surface area (Å²) in [4.78, 5) is 37.3. The largest absolute Gasteiger partial charge is 0.477 e. The number of thioether (sulfide) groups is 1. The average molecular weight is 362 g/mol. The van der Waals surface area contributed by atoms with Crippen LogP contribution in [0.2, 0.25) is 0 Å². The number of fused-ring (bicyclic) bond motifs is 1. The lowest BCUT2D eigenvalue weighted by molar-refractivity contribution is -0.148. The monoisotopic (exact) mass is 362 g/mol. The number of carbonyl (C=O) groups excluding carboxylic acids is 2. The average Bonchev–Trinajstić information content (AvgIpc) is 2.64.